The maximum absolute atomic E-state index is 6.18. The van der Waals surface area contributed by atoms with Crippen LogP contribution in [0.25, 0.3) is 0 Å². The lowest BCUT2D eigenvalue weighted by molar-refractivity contribution is 0.190. The van der Waals surface area contributed by atoms with E-state index in [9.17, 15) is 0 Å². The van der Waals surface area contributed by atoms with Crippen LogP contribution in [0.2, 0.25) is 15.1 Å². The first-order valence-corrected chi connectivity index (χ1v) is 7.23. The minimum absolute atomic E-state index is 0.231. The number of hydrogen-bond acceptors (Lipinski definition) is 2. The van der Waals surface area contributed by atoms with E-state index in [0.29, 0.717) is 20.8 Å². The lowest BCUT2D eigenvalue weighted by atomic mass is 10.0. The molecule has 0 spiro atoms. The van der Waals surface area contributed by atoms with Crippen LogP contribution in [0.4, 0.5) is 0 Å². The Balaban J connectivity index is 2.11. The molecule has 0 fully saturated rings. The first kappa shape index (κ1) is 15.5. The van der Waals surface area contributed by atoms with E-state index in [1.807, 2.05) is 25.1 Å². The van der Waals surface area contributed by atoms with Crippen LogP contribution in [0.3, 0.4) is 0 Å². The highest BCUT2D eigenvalue weighted by molar-refractivity contribution is 6.42. The van der Waals surface area contributed by atoms with Gasteiger partial charge in [0.25, 0.3) is 0 Å². The highest BCUT2D eigenvalue weighted by Crippen LogP contribution is 2.27. The smallest absolute Gasteiger partial charge is 0.121 e. The summed E-state index contributed by atoms with van der Waals surface area (Å²) in [5, 5.41) is 1.61. The van der Waals surface area contributed by atoms with Crippen LogP contribution in [-0.2, 0) is 0 Å². The molecule has 2 N–H and O–H groups in total. The van der Waals surface area contributed by atoms with E-state index >= 15 is 0 Å². The van der Waals surface area contributed by atoms with Crippen molar-refractivity contribution >= 4 is 34.8 Å². The zero-order chi connectivity index (χ0) is 14.7. The lowest BCUT2D eigenvalue weighted by Gasteiger charge is -2.22. The zero-order valence-electron chi connectivity index (χ0n) is 10.8. The van der Waals surface area contributed by atoms with E-state index in [2.05, 4.69) is 0 Å². The van der Waals surface area contributed by atoms with Crippen molar-refractivity contribution in [1.82, 2.24) is 0 Å². The number of ether oxygens (including phenoxy) is 1. The van der Waals surface area contributed by atoms with Crippen LogP contribution in [0.1, 0.15) is 18.5 Å². The molecule has 0 bridgehead atoms. The van der Waals surface area contributed by atoms with E-state index in [-0.39, 0.29) is 12.1 Å². The normalized spacial score (nSPS) is 13.8. The standard InChI is InChI=1S/C15H14Cl3NO/c1-9(20-12-4-2-3-11(16)8-12)15(19)10-5-6-13(17)14(18)7-10/h2-9,15H,19H2,1H3. The summed E-state index contributed by atoms with van der Waals surface area (Å²) in [5.41, 5.74) is 7.05. The second-order valence-corrected chi connectivity index (χ2v) is 5.73. The molecule has 0 heterocycles. The molecule has 2 unspecified atom stereocenters. The van der Waals surface area contributed by atoms with Crippen molar-refractivity contribution < 1.29 is 4.74 Å². The summed E-state index contributed by atoms with van der Waals surface area (Å²) in [5.74, 6) is 0.681. The molecule has 2 rings (SSSR count). The number of halogens is 3. The molecular weight excluding hydrogens is 317 g/mol. The average Bonchev–Trinajstić information content (AvgIpc) is 2.41. The van der Waals surface area contributed by atoms with Gasteiger partial charge >= 0.3 is 0 Å². The number of rotatable bonds is 4. The summed E-state index contributed by atoms with van der Waals surface area (Å²) in [6.45, 7) is 1.90. The third-order valence-corrected chi connectivity index (χ3v) is 3.93. The van der Waals surface area contributed by atoms with Crippen LogP contribution >= 0.6 is 34.8 Å². The maximum Gasteiger partial charge on any atom is 0.121 e. The van der Waals surface area contributed by atoms with Crippen LogP contribution in [0.5, 0.6) is 5.75 Å². The molecule has 2 aromatic rings. The molecule has 0 amide bonds. The van der Waals surface area contributed by atoms with Gasteiger partial charge in [0.1, 0.15) is 11.9 Å². The fourth-order valence-electron chi connectivity index (χ4n) is 1.82. The maximum atomic E-state index is 6.18. The summed E-state index contributed by atoms with van der Waals surface area (Å²) in [6, 6.07) is 12.2. The first-order chi connectivity index (χ1) is 9.47. The van der Waals surface area contributed by atoms with Crippen molar-refractivity contribution in [2.24, 2.45) is 5.73 Å². The molecule has 0 saturated carbocycles. The van der Waals surface area contributed by atoms with E-state index in [1.54, 1.807) is 24.3 Å². The highest BCUT2D eigenvalue weighted by atomic mass is 35.5. The summed E-state index contributed by atoms with van der Waals surface area (Å²) >= 11 is 17.8. The van der Waals surface area contributed by atoms with Crippen molar-refractivity contribution in [3.8, 4) is 5.75 Å². The Labute approximate surface area is 133 Å². The Bertz CT molecular complexity index is 603. The predicted molar refractivity (Wildman–Crippen MR) is 84.9 cm³/mol. The van der Waals surface area contributed by atoms with Gasteiger partial charge in [0.05, 0.1) is 16.1 Å². The second kappa shape index (κ2) is 6.68. The van der Waals surface area contributed by atoms with Gasteiger partial charge in [-0.3, -0.25) is 0 Å². The van der Waals surface area contributed by atoms with Crippen molar-refractivity contribution in [3.05, 3.63) is 63.1 Å². The van der Waals surface area contributed by atoms with E-state index in [0.717, 1.165) is 5.56 Å². The van der Waals surface area contributed by atoms with E-state index in [4.69, 9.17) is 45.3 Å². The SMILES string of the molecule is CC(Oc1cccc(Cl)c1)C(N)c1ccc(Cl)c(Cl)c1. The molecule has 106 valence electrons. The largest absolute Gasteiger partial charge is 0.489 e. The Kier molecular flexibility index (Phi) is 5.17. The van der Waals surface area contributed by atoms with E-state index < -0.39 is 0 Å². The van der Waals surface area contributed by atoms with Crippen molar-refractivity contribution in [3.63, 3.8) is 0 Å². The molecule has 0 aromatic heterocycles. The van der Waals surface area contributed by atoms with Gasteiger partial charge in [0.15, 0.2) is 0 Å². The number of nitrogens with two attached hydrogens (primary N) is 1. The van der Waals surface area contributed by atoms with Gasteiger partial charge in [-0.1, -0.05) is 46.9 Å². The fourth-order valence-corrected chi connectivity index (χ4v) is 2.31. The molecule has 0 aliphatic heterocycles. The predicted octanol–water partition coefficient (Wildman–Crippen LogP) is 5.11. The summed E-state index contributed by atoms with van der Waals surface area (Å²) in [7, 11) is 0. The Morgan fingerprint density at radius 2 is 1.75 bits per heavy atom. The molecule has 0 aliphatic carbocycles. The second-order valence-electron chi connectivity index (χ2n) is 4.48. The van der Waals surface area contributed by atoms with Crippen LogP contribution < -0.4 is 10.5 Å². The van der Waals surface area contributed by atoms with Gasteiger partial charge in [-0.2, -0.15) is 0 Å². The molecular formula is C15H14Cl3NO. The van der Waals surface area contributed by atoms with E-state index in [1.165, 1.54) is 0 Å². The molecule has 5 heteroatoms. The topological polar surface area (TPSA) is 35.2 Å². The Morgan fingerprint density at radius 3 is 2.40 bits per heavy atom. The quantitative estimate of drug-likeness (QED) is 0.845. The molecule has 0 radical (unpaired) electrons. The number of benzene rings is 2. The van der Waals surface area contributed by atoms with Gasteiger partial charge in [-0.25, -0.2) is 0 Å². The highest BCUT2D eigenvalue weighted by Gasteiger charge is 2.17. The molecule has 0 aliphatic rings. The van der Waals surface area contributed by atoms with Crippen LogP contribution in [0.15, 0.2) is 42.5 Å². The third kappa shape index (κ3) is 3.80. The molecule has 2 aromatic carbocycles. The Morgan fingerprint density at radius 1 is 1.00 bits per heavy atom. The summed E-state index contributed by atoms with van der Waals surface area (Å²) in [6.07, 6.45) is -0.231. The number of hydrogen-bond donors (Lipinski definition) is 1. The van der Waals surface area contributed by atoms with Crippen molar-refractivity contribution in [1.29, 1.82) is 0 Å². The van der Waals surface area contributed by atoms with Gasteiger partial charge in [-0.05, 0) is 42.8 Å². The summed E-state index contributed by atoms with van der Waals surface area (Å²) in [4.78, 5) is 0. The monoisotopic (exact) mass is 329 g/mol. The van der Waals surface area contributed by atoms with Crippen LogP contribution in [0, 0.1) is 0 Å². The zero-order valence-corrected chi connectivity index (χ0v) is 13.1. The first-order valence-electron chi connectivity index (χ1n) is 6.10. The minimum Gasteiger partial charge on any atom is -0.489 e. The van der Waals surface area contributed by atoms with Gasteiger partial charge in [0.2, 0.25) is 0 Å². The molecule has 2 atom stereocenters. The summed E-state index contributed by atoms with van der Waals surface area (Å²) < 4.78 is 5.80. The minimum atomic E-state index is -0.316. The molecule has 20 heavy (non-hydrogen) atoms. The molecule has 0 saturated heterocycles. The average molecular weight is 331 g/mol. The van der Waals surface area contributed by atoms with Crippen molar-refractivity contribution in [2.45, 2.75) is 19.1 Å². The lowest BCUT2D eigenvalue weighted by Crippen LogP contribution is -2.28. The van der Waals surface area contributed by atoms with Gasteiger partial charge in [-0.15, -0.1) is 0 Å². The fraction of sp³-hybridized carbons (Fsp3) is 0.200. The van der Waals surface area contributed by atoms with Crippen LogP contribution in [-0.4, -0.2) is 6.10 Å². The Hall–Kier alpha value is -0.930. The van der Waals surface area contributed by atoms with Gasteiger partial charge in [0, 0.05) is 5.02 Å². The molecule has 2 nitrogen and oxygen atoms in total. The third-order valence-electron chi connectivity index (χ3n) is 2.95. The van der Waals surface area contributed by atoms with Gasteiger partial charge < -0.3 is 10.5 Å². The van der Waals surface area contributed by atoms with Crippen molar-refractivity contribution in [2.75, 3.05) is 0 Å².